The quantitative estimate of drug-likeness (QED) is 0.668. The number of nitrogens with zero attached hydrogens (tertiary/aromatic N) is 1. The lowest BCUT2D eigenvalue weighted by molar-refractivity contribution is 0.147. The lowest BCUT2D eigenvalue weighted by atomic mass is 9.99. The summed E-state index contributed by atoms with van der Waals surface area (Å²) in [5.41, 5.74) is 5.71. The van der Waals surface area contributed by atoms with E-state index in [4.69, 9.17) is 5.73 Å². The molecule has 2 heteroatoms. The summed E-state index contributed by atoms with van der Waals surface area (Å²) >= 11 is 0. The molecule has 0 spiro atoms. The van der Waals surface area contributed by atoms with Crippen LogP contribution in [0.15, 0.2) is 0 Å². The highest BCUT2D eigenvalue weighted by atomic mass is 15.2. The van der Waals surface area contributed by atoms with E-state index in [0.717, 1.165) is 24.9 Å². The molecular formula is C16H34N2. The fraction of sp³-hybridized carbons (Fsp3) is 1.00. The Labute approximate surface area is 114 Å². The van der Waals surface area contributed by atoms with Crippen LogP contribution in [0.25, 0.3) is 0 Å². The largest absolute Gasteiger partial charge is 0.330 e. The Hall–Kier alpha value is -0.0800. The van der Waals surface area contributed by atoms with E-state index in [1.165, 1.54) is 64.5 Å². The summed E-state index contributed by atoms with van der Waals surface area (Å²) in [4.78, 5) is 2.77. The van der Waals surface area contributed by atoms with Crippen molar-refractivity contribution in [2.75, 3.05) is 19.6 Å². The van der Waals surface area contributed by atoms with Gasteiger partial charge in [0, 0.05) is 12.6 Å². The first-order chi connectivity index (χ1) is 8.81. The average molecular weight is 254 g/mol. The van der Waals surface area contributed by atoms with Gasteiger partial charge in [0.1, 0.15) is 0 Å². The lowest BCUT2D eigenvalue weighted by Crippen LogP contribution is -2.39. The molecule has 0 bridgehead atoms. The molecule has 0 saturated heterocycles. The topological polar surface area (TPSA) is 29.3 Å². The number of hydrogen-bond acceptors (Lipinski definition) is 2. The van der Waals surface area contributed by atoms with E-state index >= 15 is 0 Å². The maximum Gasteiger partial charge on any atom is 0.00953 e. The van der Waals surface area contributed by atoms with Gasteiger partial charge >= 0.3 is 0 Å². The van der Waals surface area contributed by atoms with Crippen molar-refractivity contribution < 1.29 is 0 Å². The second-order valence-corrected chi connectivity index (χ2v) is 5.97. The molecule has 0 atom stereocenters. The van der Waals surface area contributed by atoms with E-state index in [1.54, 1.807) is 0 Å². The van der Waals surface area contributed by atoms with Gasteiger partial charge in [-0.1, -0.05) is 52.4 Å². The van der Waals surface area contributed by atoms with Crippen molar-refractivity contribution >= 4 is 0 Å². The predicted octanol–water partition coefficient (Wildman–Crippen LogP) is 3.80. The molecule has 0 heterocycles. The molecule has 0 unspecified atom stereocenters. The standard InChI is InChI=1S/C16H34N2/c1-3-15(4-2)14-18(13-9-12-17)16-10-7-5-6-8-11-16/h15-16H,3-14,17H2,1-2H3. The number of hydrogen-bond donors (Lipinski definition) is 1. The summed E-state index contributed by atoms with van der Waals surface area (Å²) in [5, 5.41) is 0. The van der Waals surface area contributed by atoms with Crippen LogP contribution in [0.2, 0.25) is 0 Å². The van der Waals surface area contributed by atoms with E-state index in [9.17, 15) is 0 Å². The molecule has 0 aromatic heterocycles. The zero-order valence-corrected chi connectivity index (χ0v) is 12.7. The molecule has 18 heavy (non-hydrogen) atoms. The second kappa shape index (κ2) is 9.80. The molecule has 1 fully saturated rings. The Morgan fingerprint density at radius 1 is 1.06 bits per heavy atom. The van der Waals surface area contributed by atoms with Crippen molar-refractivity contribution in [3.05, 3.63) is 0 Å². The van der Waals surface area contributed by atoms with Gasteiger partial charge in [-0.2, -0.15) is 0 Å². The van der Waals surface area contributed by atoms with Gasteiger partial charge < -0.3 is 10.6 Å². The average Bonchev–Trinajstić information content (AvgIpc) is 2.68. The summed E-state index contributed by atoms with van der Waals surface area (Å²) in [5.74, 6) is 0.881. The smallest absolute Gasteiger partial charge is 0.00953 e. The normalized spacial score (nSPS) is 18.5. The van der Waals surface area contributed by atoms with Crippen LogP contribution >= 0.6 is 0 Å². The van der Waals surface area contributed by atoms with Crippen LogP contribution in [0.3, 0.4) is 0 Å². The zero-order valence-electron chi connectivity index (χ0n) is 12.7. The highest BCUT2D eigenvalue weighted by Gasteiger charge is 2.21. The first-order valence-corrected chi connectivity index (χ1v) is 8.25. The monoisotopic (exact) mass is 254 g/mol. The summed E-state index contributed by atoms with van der Waals surface area (Å²) < 4.78 is 0. The summed E-state index contributed by atoms with van der Waals surface area (Å²) in [7, 11) is 0. The fourth-order valence-corrected chi connectivity index (χ4v) is 3.22. The third-order valence-electron chi connectivity index (χ3n) is 4.64. The Balaban J connectivity index is 2.51. The minimum atomic E-state index is 0.839. The van der Waals surface area contributed by atoms with Crippen molar-refractivity contribution in [2.45, 2.75) is 77.7 Å². The first kappa shape index (κ1) is 16.0. The molecule has 0 aliphatic heterocycles. The van der Waals surface area contributed by atoms with Crippen LogP contribution in [0.4, 0.5) is 0 Å². The molecule has 0 radical (unpaired) electrons. The molecule has 1 aliphatic carbocycles. The Morgan fingerprint density at radius 2 is 1.67 bits per heavy atom. The predicted molar refractivity (Wildman–Crippen MR) is 80.8 cm³/mol. The van der Waals surface area contributed by atoms with E-state index in [0.29, 0.717) is 0 Å². The fourth-order valence-electron chi connectivity index (χ4n) is 3.22. The van der Waals surface area contributed by atoms with Crippen molar-refractivity contribution in [1.29, 1.82) is 0 Å². The molecule has 0 aromatic rings. The van der Waals surface area contributed by atoms with Crippen molar-refractivity contribution in [1.82, 2.24) is 4.90 Å². The highest BCUT2D eigenvalue weighted by molar-refractivity contribution is 4.77. The van der Waals surface area contributed by atoms with Crippen LogP contribution in [0.1, 0.15) is 71.6 Å². The van der Waals surface area contributed by atoms with Gasteiger partial charge in [-0.25, -0.2) is 0 Å². The van der Waals surface area contributed by atoms with Gasteiger partial charge in [0.05, 0.1) is 0 Å². The maximum absolute atomic E-state index is 5.71. The maximum atomic E-state index is 5.71. The third-order valence-corrected chi connectivity index (χ3v) is 4.64. The van der Waals surface area contributed by atoms with Gasteiger partial charge in [0.2, 0.25) is 0 Å². The second-order valence-electron chi connectivity index (χ2n) is 5.97. The number of nitrogens with two attached hydrogens (primary N) is 1. The van der Waals surface area contributed by atoms with Crippen molar-refractivity contribution in [3.8, 4) is 0 Å². The molecule has 1 rings (SSSR count). The van der Waals surface area contributed by atoms with Gasteiger partial charge in [-0.05, 0) is 38.3 Å². The van der Waals surface area contributed by atoms with Crippen molar-refractivity contribution in [3.63, 3.8) is 0 Å². The molecule has 1 aliphatic rings. The van der Waals surface area contributed by atoms with Gasteiger partial charge in [-0.15, -0.1) is 0 Å². The van der Waals surface area contributed by atoms with Gasteiger partial charge in [-0.3, -0.25) is 0 Å². The van der Waals surface area contributed by atoms with Crippen LogP contribution in [0.5, 0.6) is 0 Å². The minimum Gasteiger partial charge on any atom is -0.330 e. The Morgan fingerprint density at radius 3 is 2.17 bits per heavy atom. The zero-order chi connectivity index (χ0) is 13.2. The Bertz CT molecular complexity index is 182. The Kier molecular flexibility index (Phi) is 8.70. The number of rotatable bonds is 8. The van der Waals surface area contributed by atoms with Crippen molar-refractivity contribution in [2.24, 2.45) is 11.7 Å². The van der Waals surface area contributed by atoms with Crippen LogP contribution < -0.4 is 5.73 Å². The molecule has 0 amide bonds. The SMILES string of the molecule is CCC(CC)CN(CCCN)C1CCCCCC1. The van der Waals surface area contributed by atoms with E-state index < -0.39 is 0 Å². The molecule has 108 valence electrons. The molecule has 0 aromatic carbocycles. The summed E-state index contributed by atoms with van der Waals surface area (Å²) in [6.45, 7) is 8.03. The third kappa shape index (κ3) is 5.71. The molecule has 1 saturated carbocycles. The van der Waals surface area contributed by atoms with Gasteiger partial charge in [0.15, 0.2) is 0 Å². The summed E-state index contributed by atoms with van der Waals surface area (Å²) in [6, 6.07) is 0.847. The molecule has 2 nitrogen and oxygen atoms in total. The first-order valence-electron chi connectivity index (χ1n) is 8.25. The highest BCUT2D eigenvalue weighted by Crippen LogP contribution is 2.24. The van der Waals surface area contributed by atoms with Crippen LogP contribution in [0, 0.1) is 5.92 Å². The minimum absolute atomic E-state index is 0.839. The molecule has 2 N–H and O–H groups in total. The van der Waals surface area contributed by atoms with E-state index in [1.807, 2.05) is 0 Å². The van der Waals surface area contributed by atoms with Gasteiger partial charge in [0.25, 0.3) is 0 Å². The van der Waals surface area contributed by atoms with E-state index in [-0.39, 0.29) is 0 Å². The molecular weight excluding hydrogens is 220 g/mol. The van der Waals surface area contributed by atoms with Crippen LogP contribution in [-0.2, 0) is 0 Å². The lowest BCUT2D eigenvalue weighted by Gasteiger charge is -2.33. The van der Waals surface area contributed by atoms with E-state index in [2.05, 4.69) is 18.7 Å². The summed E-state index contributed by atoms with van der Waals surface area (Å²) in [6.07, 6.45) is 12.4. The van der Waals surface area contributed by atoms with Crippen LogP contribution in [-0.4, -0.2) is 30.6 Å².